The van der Waals surface area contributed by atoms with E-state index in [2.05, 4.69) is 228 Å². The van der Waals surface area contributed by atoms with Crippen molar-refractivity contribution in [1.82, 2.24) is 24.1 Å². The second kappa shape index (κ2) is 14.9. The van der Waals surface area contributed by atoms with Crippen molar-refractivity contribution in [2.75, 3.05) is 0 Å². The molecule has 0 fully saturated rings. The molecule has 0 aliphatic heterocycles. The fourth-order valence-corrected chi connectivity index (χ4v) is 9.24. The maximum atomic E-state index is 5.26. The first-order chi connectivity index (χ1) is 31.1. The molecular weight excluding hydrogens is 767 g/mol. The Balaban J connectivity index is 1.07. The van der Waals surface area contributed by atoms with Crippen LogP contribution in [-0.4, -0.2) is 24.1 Å². The van der Waals surface area contributed by atoms with Gasteiger partial charge in [0.25, 0.3) is 0 Å². The van der Waals surface area contributed by atoms with Crippen LogP contribution in [0.5, 0.6) is 0 Å². The fraction of sp³-hybridized carbons (Fsp3) is 0.0172. The van der Waals surface area contributed by atoms with Crippen LogP contribution in [0.3, 0.4) is 0 Å². The van der Waals surface area contributed by atoms with Crippen molar-refractivity contribution < 1.29 is 0 Å². The molecule has 0 radical (unpaired) electrons. The number of para-hydroxylation sites is 3. The molecule has 3 heterocycles. The van der Waals surface area contributed by atoms with Crippen LogP contribution < -0.4 is 0 Å². The van der Waals surface area contributed by atoms with Gasteiger partial charge in [0, 0.05) is 49.6 Å². The summed E-state index contributed by atoms with van der Waals surface area (Å²) in [5, 5.41) is 4.86. The third-order valence-electron chi connectivity index (χ3n) is 12.2. The molecule has 0 saturated carbocycles. The predicted molar refractivity (Wildman–Crippen MR) is 260 cm³/mol. The van der Waals surface area contributed by atoms with Crippen molar-refractivity contribution in [3.8, 4) is 67.8 Å². The summed E-state index contributed by atoms with van der Waals surface area (Å²) in [5.74, 6) is 1.86. The number of aromatic nitrogens is 5. The molecule has 0 aliphatic carbocycles. The van der Waals surface area contributed by atoms with Gasteiger partial charge in [0.1, 0.15) is 0 Å². The lowest BCUT2D eigenvalue weighted by Crippen LogP contribution is -2.02. The minimum absolute atomic E-state index is 0.608. The van der Waals surface area contributed by atoms with Gasteiger partial charge in [-0.1, -0.05) is 163 Å². The largest absolute Gasteiger partial charge is 0.309 e. The summed E-state index contributed by atoms with van der Waals surface area (Å²) in [6.45, 7) is 2.10. The number of hydrogen-bond acceptors (Lipinski definition) is 3. The highest BCUT2D eigenvalue weighted by atomic mass is 15.0. The predicted octanol–water partition coefficient (Wildman–Crippen LogP) is 14.7. The first-order valence-electron chi connectivity index (χ1n) is 21.3. The van der Waals surface area contributed by atoms with Crippen molar-refractivity contribution in [3.05, 3.63) is 224 Å². The summed E-state index contributed by atoms with van der Waals surface area (Å²) in [4.78, 5) is 15.6. The Labute approximate surface area is 364 Å². The zero-order valence-corrected chi connectivity index (χ0v) is 34.5. The van der Waals surface area contributed by atoms with Crippen LogP contribution in [-0.2, 0) is 0 Å². The molecule has 0 atom stereocenters. The first-order valence-corrected chi connectivity index (χ1v) is 21.3. The second-order valence-corrected chi connectivity index (χ2v) is 16.2. The molecule has 9 aromatic carbocycles. The Morgan fingerprint density at radius 1 is 0.270 bits per heavy atom. The molecule has 0 aliphatic rings. The summed E-state index contributed by atoms with van der Waals surface area (Å²) in [6, 6.07) is 77.6. The summed E-state index contributed by atoms with van der Waals surface area (Å²) in [6.07, 6.45) is 0. The van der Waals surface area contributed by atoms with E-state index in [0.717, 1.165) is 61.4 Å². The van der Waals surface area contributed by atoms with Crippen LogP contribution in [0, 0.1) is 6.92 Å². The molecule has 12 rings (SSSR count). The Kier molecular flexibility index (Phi) is 8.64. The normalized spacial score (nSPS) is 11.6. The monoisotopic (exact) mass is 805 g/mol. The number of nitrogens with zero attached hydrogens (tertiary/aromatic N) is 5. The van der Waals surface area contributed by atoms with Crippen molar-refractivity contribution in [2.45, 2.75) is 6.92 Å². The molecule has 5 nitrogen and oxygen atoms in total. The van der Waals surface area contributed by atoms with Crippen LogP contribution in [0.4, 0.5) is 0 Å². The maximum Gasteiger partial charge on any atom is 0.164 e. The molecule has 0 spiro atoms. The topological polar surface area (TPSA) is 48.5 Å². The zero-order chi connectivity index (χ0) is 41.9. The van der Waals surface area contributed by atoms with E-state index in [1.54, 1.807) is 0 Å². The van der Waals surface area contributed by atoms with Crippen molar-refractivity contribution in [1.29, 1.82) is 0 Å². The minimum Gasteiger partial charge on any atom is -0.309 e. The average molecular weight is 806 g/mol. The van der Waals surface area contributed by atoms with E-state index in [4.69, 9.17) is 15.0 Å². The molecule has 0 amide bonds. The molecule has 12 aromatic rings. The van der Waals surface area contributed by atoms with Gasteiger partial charge in [0.2, 0.25) is 0 Å². The van der Waals surface area contributed by atoms with Gasteiger partial charge in [-0.3, -0.25) is 0 Å². The summed E-state index contributed by atoms with van der Waals surface area (Å²) < 4.78 is 4.78. The number of aryl methyl sites for hydroxylation is 1. The third-order valence-corrected chi connectivity index (χ3v) is 12.2. The van der Waals surface area contributed by atoms with Crippen LogP contribution in [0.25, 0.3) is 111 Å². The fourth-order valence-electron chi connectivity index (χ4n) is 9.24. The highest BCUT2D eigenvalue weighted by Crippen LogP contribution is 2.39. The van der Waals surface area contributed by atoms with Gasteiger partial charge >= 0.3 is 0 Å². The Morgan fingerprint density at radius 3 is 1.33 bits per heavy atom. The molecule has 0 N–H and O–H groups in total. The average Bonchev–Trinajstić information content (AvgIpc) is 3.87. The van der Waals surface area contributed by atoms with Gasteiger partial charge in [-0.25, -0.2) is 15.0 Å². The lowest BCUT2D eigenvalue weighted by atomic mass is 10.0. The van der Waals surface area contributed by atoms with Crippen LogP contribution in [0.1, 0.15) is 5.56 Å². The van der Waals surface area contributed by atoms with E-state index in [1.807, 2.05) is 6.07 Å². The van der Waals surface area contributed by atoms with Crippen LogP contribution in [0.15, 0.2) is 218 Å². The van der Waals surface area contributed by atoms with Crippen molar-refractivity contribution >= 4 is 43.6 Å². The lowest BCUT2D eigenvalue weighted by Gasteiger charge is -2.15. The maximum absolute atomic E-state index is 5.26. The molecule has 296 valence electrons. The highest BCUT2D eigenvalue weighted by molar-refractivity contribution is 6.12. The van der Waals surface area contributed by atoms with Gasteiger partial charge in [-0.2, -0.15) is 0 Å². The number of rotatable bonds is 7. The number of fused-ring (bicyclic) bond motifs is 6. The van der Waals surface area contributed by atoms with Gasteiger partial charge in [-0.05, 0) is 89.8 Å². The summed E-state index contributed by atoms with van der Waals surface area (Å²) in [7, 11) is 0. The minimum atomic E-state index is 0.608. The molecule has 0 unspecified atom stereocenters. The molecule has 3 aromatic heterocycles. The third kappa shape index (κ3) is 6.37. The molecule has 5 heteroatoms. The second-order valence-electron chi connectivity index (χ2n) is 16.2. The van der Waals surface area contributed by atoms with Crippen LogP contribution >= 0.6 is 0 Å². The Hall–Kier alpha value is -8.41. The van der Waals surface area contributed by atoms with E-state index in [-0.39, 0.29) is 0 Å². The Morgan fingerprint density at radius 2 is 0.714 bits per heavy atom. The van der Waals surface area contributed by atoms with E-state index in [9.17, 15) is 0 Å². The standard InChI is InChI=1S/C58H39N5/c1-38-15-14-20-43(33-38)57-59-56(42-29-27-41(28-30-42)39-16-4-2-5-17-39)60-58(61-57)45-34-44(40-18-6-3-7-19-40)35-47(36-45)63-54-26-13-10-23-50(54)51-37-46(31-32-55(51)63)62-52-24-11-8-21-48(52)49-22-9-12-25-53(49)62/h2-37H,1H3. The van der Waals surface area contributed by atoms with Crippen LogP contribution in [0.2, 0.25) is 0 Å². The number of benzene rings is 9. The smallest absolute Gasteiger partial charge is 0.164 e. The molecular formula is C58H39N5. The summed E-state index contributed by atoms with van der Waals surface area (Å²) in [5.41, 5.74) is 15.2. The highest BCUT2D eigenvalue weighted by Gasteiger charge is 2.19. The van der Waals surface area contributed by atoms with Crippen molar-refractivity contribution in [3.63, 3.8) is 0 Å². The lowest BCUT2D eigenvalue weighted by molar-refractivity contribution is 1.07. The van der Waals surface area contributed by atoms with Gasteiger partial charge < -0.3 is 9.13 Å². The SMILES string of the molecule is Cc1cccc(-c2nc(-c3ccc(-c4ccccc4)cc3)nc(-c3cc(-c4ccccc4)cc(-n4c5ccccc5c5cc(-n6c7ccccc7c7ccccc76)ccc54)c3)n2)c1. The van der Waals surface area contributed by atoms with Gasteiger partial charge in [-0.15, -0.1) is 0 Å². The van der Waals surface area contributed by atoms with E-state index >= 15 is 0 Å². The quantitative estimate of drug-likeness (QED) is 0.161. The van der Waals surface area contributed by atoms with E-state index < -0.39 is 0 Å². The van der Waals surface area contributed by atoms with Crippen molar-refractivity contribution in [2.24, 2.45) is 0 Å². The molecule has 0 saturated heterocycles. The zero-order valence-electron chi connectivity index (χ0n) is 34.5. The first kappa shape index (κ1) is 36.4. The van der Waals surface area contributed by atoms with E-state index in [1.165, 1.54) is 38.1 Å². The van der Waals surface area contributed by atoms with E-state index in [0.29, 0.717) is 17.5 Å². The molecule has 63 heavy (non-hydrogen) atoms. The Bertz CT molecular complexity index is 3620. The van der Waals surface area contributed by atoms with Gasteiger partial charge in [0.05, 0.1) is 22.1 Å². The van der Waals surface area contributed by atoms with Gasteiger partial charge in [0.15, 0.2) is 17.5 Å². The number of hydrogen-bond donors (Lipinski definition) is 0. The molecule has 0 bridgehead atoms. The summed E-state index contributed by atoms with van der Waals surface area (Å²) >= 11 is 0.